The van der Waals surface area contributed by atoms with Gasteiger partial charge in [0.2, 0.25) is 5.91 Å². The van der Waals surface area contributed by atoms with Crippen LogP contribution in [0.4, 0.5) is 4.79 Å². The summed E-state index contributed by atoms with van der Waals surface area (Å²) >= 11 is 12.5. The van der Waals surface area contributed by atoms with Gasteiger partial charge in [0, 0.05) is 30.7 Å². The maximum atomic E-state index is 14.9. The SMILES string of the molecule is CC(C)(C)OC(=O)N1CCC(C(=O)N2C[C@H](S(=O)(=O)c3ccccc3Cl)C[C@H]2C(=O)N(C#N)C2CC2)(c2ccc(Cl)cc2)CC1. The third-order valence-corrected chi connectivity index (χ3v) is 11.6. The summed E-state index contributed by atoms with van der Waals surface area (Å²) in [5.41, 5.74) is -1.25. The third kappa shape index (κ3) is 6.64. The molecule has 2 atom stereocenters. The normalized spacial score (nSPS) is 21.6. The van der Waals surface area contributed by atoms with Crippen LogP contribution in [0, 0.1) is 11.5 Å². The Balaban J connectivity index is 1.52. The van der Waals surface area contributed by atoms with Crippen molar-refractivity contribution in [3.8, 4) is 6.19 Å². The first-order chi connectivity index (χ1) is 21.2. The van der Waals surface area contributed by atoms with E-state index in [0.29, 0.717) is 23.4 Å². The van der Waals surface area contributed by atoms with Crippen LogP contribution >= 0.6 is 23.2 Å². The second kappa shape index (κ2) is 12.5. The van der Waals surface area contributed by atoms with Gasteiger partial charge >= 0.3 is 6.09 Å². The molecule has 0 radical (unpaired) electrons. The number of nitrogens with zero attached hydrogens (tertiary/aromatic N) is 4. The zero-order valence-corrected chi connectivity index (χ0v) is 27.7. The summed E-state index contributed by atoms with van der Waals surface area (Å²) < 4.78 is 33.3. The van der Waals surface area contributed by atoms with E-state index in [9.17, 15) is 28.1 Å². The molecule has 240 valence electrons. The highest BCUT2D eigenvalue weighted by Gasteiger charge is 2.54. The van der Waals surface area contributed by atoms with E-state index in [0.717, 1.165) is 4.90 Å². The van der Waals surface area contributed by atoms with Crippen molar-refractivity contribution >= 4 is 50.9 Å². The molecule has 2 aromatic carbocycles. The van der Waals surface area contributed by atoms with Crippen molar-refractivity contribution in [1.82, 2.24) is 14.7 Å². The molecular formula is C32H36Cl2N4O6S. The minimum Gasteiger partial charge on any atom is -0.444 e. The maximum Gasteiger partial charge on any atom is 0.410 e. The molecule has 3 fully saturated rings. The average molecular weight is 676 g/mol. The summed E-state index contributed by atoms with van der Waals surface area (Å²) in [4.78, 5) is 45.6. The van der Waals surface area contributed by atoms with Gasteiger partial charge in [0.25, 0.3) is 5.91 Å². The van der Waals surface area contributed by atoms with E-state index in [2.05, 4.69) is 0 Å². The molecule has 1 saturated carbocycles. The molecule has 3 aliphatic rings. The highest BCUT2D eigenvalue weighted by molar-refractivity contribution is 7.92. The molecule has 2 aromatic rings. The van der Waals surface area contributed by atoms with Crippen LogP contribution in [0.2, 0.25) is 10.0 Å². The fraction of sp³-hybridized carbons (Fsp3) is 0.500. The first kappa shape index (κ1) is 33.0. The number of piperidine rings is 1. The number of nitriles is 1. The van der Waals surface area contributed by atoms with E-state index in [1.165, 1.54) is 17.0 Å². The number of carbonyl (C=O) groups is 3. The van der Waals surface area contributed by atoms with Gasteiger partial charge in [0.05, 0.1) is 20.6 Å². The van der Waals surface area contributed by atoms with Gasteiger partial charge in [-0.2, -0.15) is 5.26 Å². The van der Waals surface area contributed by atoms with E-state index >= 15 is 0 Å². The minimum atomic E-state index is -4.06. The van der Waals surface area contributed by atoms with Gasteiger partial charge in [0.15, 0.2) is 16.0 Å². The molecule has 13 heteroatoms. The Hall–Kier alpha value is -3.33. The predicted octanol–water partition coefficient (Wildman–Crippen LogP) is 5.18. The van der Waals surface area contributed by atoms with Gasteiger partial charge in [-0.05, 0) is 82.7 Å². The van der Waals surface area contributed by atoms with Crippen LogP contribution in [0.15, 0.2) is 53.4 Å². The van der Waals surface area contributed by atoms with Crippen molar-refractivity contribution < 1.29 is 27.5 Å². The number of hydrogen-bond acceptors (Lipinski definition) is 7. The zero-order chi connectivity index (χ0) is 32.7. The number of rotatable bonds is 6. The second-order valence-electron chi connectivity index (χ2n) is 12.9. The Morgan fingerprint density at radius 2 is 1.64 bits per heavy atom. The van der Waals surface area contributed by atoms with Crippen LogP contribution in [-0.4, -0.2) is 83.6 Å². The van der Waals surface area contributed by atoms with Gasteiger partial charge in [-0.25, -0.2) is 18.1 Å². The van der Waals surface area contributed by atoms with E-state index in [-0.39, 0.29) is 54.9 Å². The van der Waals surface area contributed by atoms with Crippen molar-refractivity contribution in [3.05, 3.63) is 64.1 Å². The highest BCUT2D eigenvalue weighted by Crippen LogP contribution is 2.42. The van der Waals surface area contributed by atoms with Gasteiger partial charge in [0.1, 0.15) is 11.6 Å². The number of carbonyl (C=O) groups excluding carboxylic acids is 3. The Morgan fingerprint density at radius 1 is 1.02 bits per heavy atom. The lowest BCUT2D eigenvalue weighted by molar-refractivity contribution is -0.147. The summed E-state index contributed by atoms with van der Waals surface area (Å²) in [6.45, 7) is 5.48. The Kier molecular flexibility index (Phi) is 9.15. The number of halogens is 2. The van der Waals surface area contributed by atoms with E-state index in [1.54, 1.807) is 62.1 Å². The molecule has 45 heavy (non-hydrogen) atoms. The topological polar surface area (TPSA) is 128 Å². The Labute approximate surface area is 273 Å². The zero-order valence-electron chi connectivity index (χ0n) is 25.4. The van der Waals surface area contributed by atoms with Crippen molar-refractivity contribution in [2.75, 3.05) is 19.6 Å². The molecule has 0 aromatic heterocycles. The maximum absolute atomic E-state index is 14.9. The number of benzene rings is 2. The standard InChI is InChI=1S/C32H36Cl2N4O6S/c1-31(2,3)44-30(41)36-16-14-32(15-17-36,21-8-10-22(33)11-9-21)29(40)37-19-24(45(42,43)27-7-5-4-6-25(27)34)18-26(37)28(39)38(20-35)23-12-13-23/h4-11,23-24,26H,12-19H2,1-3H3/t24-,26+/m1/s1. The molecule has 0 bridgehead atoms. The van der Waals surface area contributed by atoms with Gasteiger partial charge < -0.3 is 14.5 Å². The van der Waals surface area contributed by atoms with Crippen LogP contribution < -0.4 is 0 Å². The van der Waals surface area contributed by atoms with Crippen molar-refractivity contribution in [1.29, 1.82) is 5.26 Å². The number of ether oxygens (including phenoxy) is 1. The van der Waals surface area contributed by atoms with Crippen molar-refractivity contribution in [2.24, 2.45) is 0 Å². The lowest BCUT2D eigenvalue weighted by Gasteiger charge is -2.44. The summed E-state index contributed by atoms with van der Waals surface area (Å²) in [6, 6.07) is 11.5. The summed E-state index contributed by atoms with van der Waals surface area (Å²) in [6.07, 6.45) is 3.03. The average Bonchev–Trinajstić information content (AvgIpc) is 3.72. The Morgan fingerprint density at radius 3 is 2.20 bits per heavy atom. The number of hydrogen-bond donors (Lipinski definition) is 0. The molecular weight excluding hydrogens is 639 g/mol. The second-order valence-corrected chi connectivity index (χ2v) is 15.9. The van der Waals surface area contributed by atoms with E-state index in [1.807, 2.05) is 6.19 Å². The fourth-order valence-corrected chi connectivity index (χ4v) is 8.55. The molecule has 1 aliphatic carbocycles. The molecule has 2 heterocycles. The number of likely N-dealkylation sites (tertiary alicyclic amines) is 2. The molecule has 0 spiro atoms. The van der Waals surface area contributed by atoms with Crippen LogP contribution in [0.25, 0.3) is 0 Å². The van der Waals surface area contributed by atoms with Gasteiger partial charge in [-0.3, -0.25) is 9.59 Å². The van der Waals surface area contributed by atoms with Crippen molar-refractivity contribution in [2.45, 2.75) is 86.1 Å². The van der Waals surface area contributed by atoms with Crippen LogP contribution in [0.3, 0.4) is 0 Å². The van der Waals surface area contributed by atoms with Gasteiger partial charge in [-0.1, -0.05) is 47.5 Å². The predicted molar refractivity (Wildman–Crippen MR) is 168 cm³/mol. The lowest BCUT2D eigenvalue weighted by atomic mass is 9.71. The molecule has 3 amide bonds. The number of sulfone groups is 1. The molecule has 0 N–H and O–H groups in total. The lowest BCUT2D eigenvalue weighted by Crippen LogP contribution is -2.57. The first-order valence-corrected chi connectivity index (χ1v) is 17.2. The summed E-state index contributed by atoms with van der Waals surface area (Å²) in [5.74, 6) is -1.03. The molecule has 2 saturated heterocycles. The summed E-state index contributed by atoms with van der Waals surface area (Å²) in [7, 11) is -4.06. The molecule has 2 aliphatic heterocycles. The quantitative estimate of drug-likeness (QED) is 0.305. The van der Waals surface area contributed by atoms with Gasteiger partial charge in [-0.15, -0.1) is 0 Å². The van der Waals surface area contributed by atoms with Crippen LogP contribution in [0.5, 0.6) is 0 Å². The van der Waals surface area contributed by atoms with Crippen LogP contribution in [0.1, 0.15) is 58.4 Å². The van der Waals surface area contributed by atoms with E-state index in [4.69, 9.17) is 27.9 Å². The third-order valence-electron chi connectivity index (χ3n) is 8.72. The highest BCUT2D eigenvalue weighted by atomic mass is 35.5. The smallest absolute Gasteiger partial charge is 0.410 e. The molecule has 5 rings (SSSR count). The molecule has 0 unspecified atom stereocenters. The largest absolute Gasteiger partial charge is 0.444 e. The van der Waals surface area contributed by atoms with E-state index < -0.39 is 50.1 Å². The van der Waals surface area contributed by atoms with Crippen LogP contribution in [-0.2, 0) is 29.6 Å². The number of amides is 3. The fourth-order valence-electron chi connectivity index (χ4n) is 6.21. The first-order valence-electron chi connectivity index (χ1n) is 14.9. The molecule has 10 nitrogen and oxygen atoms in total. The van der Waals surface area contributed by atoms with Crippen molar-refractivity contribution in [3.63, 3.8) is 0 Å². The summed E-state index contributed by atoms with van der Waals surface area (Å²) in [5, 5.41) is 9.25. The monoisotopic (exact) mass is 674 g/mol. The minimum absolute atomic E-state index is 0.0499. The Bertz CT molecular complexity index is 1620.